The van der Waals surface area contributed by atoms with Crippen LogP contribution in [0.15, 0.2) is 24.3 Å². The molecule has 0 heterocycles. The largest absolute Gasteiger partial charge is 0.304 e. The molecule has 1 fully saturated rings. The number of rotatable bonds is 3. The van der Waals surface area contributed by atoms with Gasteiger partial charge in [-0.1, -0.05) is 19.8 Å². The van der Waals surface area contributed by atoms with E-state index < -0.39 is 46.1 Å². The van der Waals surface area contributed by atoms with E-state index in [1.807, 2.05) is 0 Å². The molecule has 1 aliphatic rings. The van der Waals surface area contributed by atoms with Crippen LogP contribution in [-0.2, 0) is 5.92 Å². The van der Waals surface area contributed by atoms with Crippen LogP contribution in [0, 0.1) is 35.0 Å². The molecule has 0 saturated heterocycles. The molecule has 0 atom stereocenters. The lowest BCUT2D eigenvalue weighted by atomic mass is 9.79. The Bertz CT molecular complexity index is 805. The first-order valence-electron chi connectivity index (χ1n) is 8.63. The van der Waals surface area contributed by atoms with Crippen LogP contribution < -0.4 is 0 Å². The maximum absolute atomic E-state index is 14.6. The highest BCUT2D eigenvalue weighted by molar-refractivity contribution is 5.39. The van der Waals surface area contributed by atoms with Crippen LogP contribution in [0.3, 0.4) is 0 Å². The summed E-state index contributed by atoms with van der Waals surface area (Å²) in [7, 11) is 0. The predicted octanol–water partition coefficient (Wildman–Crippen LogP) is 6.82. The van der Waals surface area contributed by atoms with Gasteiger partial charge in [-0.05, 0) is 54.5 Å². The Morgan fingerprint density at radius 2 is 1.22 bits per heavy atom. The van der Waals surface area contributed by atoms with Crippen molar-refractivity contribution in [1.29, 1.82) is 0 Å². The van der Waals surface area contributed by atoms with E-state index in [2.05, 4.69) is 6.92 Å². The summed E-state index contributed by atoms with van der Waals surface area (Å²) in [5.74, 6) is -12.7. The highest BCUT2D eigenvalue weighted by Gasteiger charge is 2.41. The Kier molecular flexibility index (Phi) is 5.23. The molecule has 0 radical (unpaired) electrons. The van der Waals surface area contributed by atoms with E-state index in [0.717, 1.165) is 25.0 Å². The van der Waals surface area contributed by atoms with Gasteiger partial charge >= 0.3 is 5.92 Å². The molecule has 0 N–H and O–H groups in total. The van der Waals surface area contributed by atoms with Crippen LogP contribution in [0.1, 0.15) is 55.2 Å². The molecule has 146 valence electrons. The van der Waals surface area contributed by atoms with Crippen LogP contribution >= 0.6 is 0 Å². The Morgan fingerprint density at radius 3 is 1.70 bits per heavy atom. The third-order valence-electron chi connectivity index (χ3n) is 5.21. The van der Waals surface area contributed by atoms with Crippen LogP contribution in [0.25, 0.3) is 0 Å². The van der Waals surface area contributed by atoms with Gasteiger partial charge in [-0.3, -0.25) is 0 Å². The second kappa shape index (κ2) is 7.17. The minimum atomic E-state index is -4.37. The van der Waals surface area contributed by atoms with Crippen LogP contribution in [-0.4, -0.2) is 0 Å². The predicted molar refractivity (Wildman–Crippen MR) is 86.0 cm³/mol. The zero-order valence-electron chi connectivity index (χ0n) is 14.4. The van der Waals surface area contributed by atoms with Gasteiger partial charge in [0.25, 0.3) is 0 Å². The Labute approximate surface area is 152 Å². The van der Waals surface area contributed by atoms with Crippen LogP contribution in [0.5, 0.6) is 0 Å². The van der Waals surface area contributed by atoms with Gasteiger partial charge in [-0.15, -0.1) is 0 Å². The van der Waals surface area contributed by atoms with Gasteiger partial charge in [0.05, 0.1) is 5.56 Å². The number of halogens is 7. The van der Waals surface area contributed by atoms with Gasteiger partial charge in [0.15, 0.2) is 17.5 Å². The van der Waals surface area contributed by atoms with E-state index in [-0.39, 0.29) is 23.6 Å². The normalized spacial score (nSPS) is 20.7. The molecule has 27 heavy (non-hydrogen) atoms. The van der Waals surface area contributed by atoms with Gasteiger partial charge in [0.2, 0.25) is 0 Å². The van der Waals surface area contributed by atoms with Crippen molar-refractivity contribution in [1.82, 2.24) is 0 Å². The highest BCUT2D eigenvalue weighted by atomic mass is 19.3. The summed E-state index contributed by atoms with van der Waals surface area (Å²) >= 11 is 0. The molecule has 0 nitrogen and oxygen atoms in total. The molecule has 0 aromatic heterocycles. The number of hydrogen-bond donors (Lipinski definition) is 0. The molecule has 1 saturated carbocycles. The summed E-state index contributed by atoms with van der Waals surface area (Å²) in [6.07, 6.45) is 3.15. The number of hydrogen-bond acceptors (Lipinski definition) is 0. The van der Waals surface area contributed by atoms with Crippen LogP contribution in [0.2, 0.25) is 0 Å². The van der Waals surface area contributed by atoms with Gasteiger partial charge < -0.3 is 0 Å². The first-order valence-corrected chi connectivity index (χ1v) is 8.63. The van der Waals surface area contributed by atoms with Crippen molar-refractivity contribution in [3.63, 3.8) is 0 Å². The van der Waals surface area contributed by atoms with Crippen molar-refractivity contribution >= 4 is 0 Å². The van der Waals surface area contributed by atoms with Crippen molar-refractivity contribution in [2.45, 2.75) is 44.4 Å². The summed E-state index contributed by atoms with van der Waals surface area (Å²) in [5.41, 5.74) is -2.69. The smallest absolute Gasteiger partial charge is 0.206 e. The number of benzene rings is 2. The SMILES string of the molecule is CC1CCC(c2cc(F)c(C(F)(F)c3cc(F)c(F)c(F)c3)c(F)c2)CC1. The molecule has 0 bridgehead atoms. The van der Waals surface area contributed by atoms with E-state index in [9.17, 15) is 30.7 Å². The van der Waals surface area contributed by atoms with Gasteiger partial charge in [0.1, 0.15) is 11.6 Å². The van der Waals surface area contributed by atoms with E-state index in [0.29, 0.717) is 18.8 Å². The minimum Gasteiger partial charge on any atom is -0.206 e. The standard InChI is InChI=1S/C20H17F7/c1-10-2-4-11(5-3-10)12-6-14(21)18(15(22)7-12)20(26,27)13-8-16(23)19(25)17(24)9-13/h6-11H,2-5H2,1H3. The van der Waals surface area contributed by atoms with E-state index in [1.54, 1.807) is 0 Å². The molecule has 0 amide bonds. The second-order valence-electron chi connectivity index (χ2n) is 7.14. The van der Waals surface area contributed by atoms with Crippen molar-refractivity contribution in [3.8, 4) is 0 Å². The Morgan fingerprint density at radius 1 is 0.741 bits per heavy atom. The summed E-state index contributed by atoms with van der Waals surface area (Å²) in [4.78, 5) is 0. The maximum Gasteiger partial charge on any atom is 0.304 e. The quantitative estimate of drug-likeness (QED) is 0.399. The molecule has 0 aliphatic heterocycles. The van der Waals surface area contributed by atoms with Crippen molar-refractivity contribution in [2.75, 3.05) is 0 Å². The van der Waals surface area contributed by atoms with E-state index >= 15 is 0 Å². The Balaban J connectivity index is 2.01. The van der Waals surface area contributed by atoms with E-state index in [4.69, 9.17) is 0 Å². The van der Waals surface area contributed by atoms with Crippen LogP contribution in [0.4, 0.5) is 30.7 Å². The van der Waals surface area contributed by atoms with Crippen molar-refractivity contribution in [3.05, 3.63) is 70.0 Å². The molecule has 3 rings (SSSR count). The van der Waals surface area contributed by atoms with E-state index in [1.165, 1.54) is 0 Å². The first-order chi connectivity index (χ1) is 12.6. The molecule has 2 aromatic carbocycles. The molecule has 0 spiro atoms. The Hall–Kier alpha value is -2.05. The van der Waals surface area contributed by atoms with Crippen molar-refractivity contribution in [2.24, 2.45) is 5.92 Å². The topological polar surface area (TPSA) is 0 Å². The fourth-order valence-corrected chi connectivity index (χ4v) is 3.60. The summed E-state index contributed by atoms with van der Waals surface area (Å²) in [6, 6.07) is 1.77. The lowest BCUT2D eigenvalue weighted by Gasteiger charge is -2.27. The molecule has 0 unspecified atom stereocenters. The molecular weight excluding hydrogens is 373 g/mol. The third-order valence-corrected chi connectivity index (χ3v) is 5.21. The minimum absolute atomic E-state index is 0.0354. The van der Waals surface area contributed by atoms with Gasteiger partial charge in [-0.2, -0.15) is 8.78 Å². The zero-order valence-corrected chi connectivity index (χ0v) is 14.4. The molecule has 2 aromatic rings. The average molecular weight is 390 g/mol. The highest BCUT2D eigenvalue weighted by Crippen LogP contribution is 2.42. The average Bonchev–Trinajstić information content (AvgIpc) is 2.59. The molecule has 1 aliphatic carbocycles. The zero-order chi connectivity index (χ0) is 19.9. The second-order valence-corrected chi connectivity index (χ2v) is 7.14. The lowest BCUT2D eigenvalue weighted by molar-refractivity contribution is 0.0338. The summed E-state index contributed by atoms with van der Waals surface area (Å²) in [5, 5.41) is 0. The number of alkyl halides is 2. The lowest BCUT2D eigenvalue weighted by Crippen LogP contribution is -2.21. The fraction of sp³-hybridized carbons (Fsp3) is 0.400. The summed E-state index contributed by atoms with van der Waals surface area (Å²) < 4.78 is 97.6. The maximum atomic E-state index is 14.6. The fourth-order valence-electron chi connectivity index (χ4n) is 3.60. The molecular formula is C20H17F7. The summed E-state index contributed by atoms with van der Waals surface area (Å²) in [6.45, 7) is 2.07. The van der Waals surface area contributed by atoms with Gasteiger partial charge in [-0.25, -0.2) is 22.0 Å². The first kappa shape index (κ1) is 19.7. The third kappa shape index (κ3) is 3.69. The molecule has 7 heteroatoms. The van der Waals surface area contributed by atoms with Gasteiger partial charge in [0, 0.05) is 5.56 Å². The van der Waals surface area contributed by atoms with Crippen molar-refractivity contribution < 1.29 is 30.7 Å². The monoisotopic (exact) mass is 390 g/mol.